The van der Waals surface area contributed by atoms with Crippen LogP contribution >= 0.6 is 0 Å². The lowest BCUT2D eigenvalue weighted by atomic mass is 9.83. The van der Waals surface area contributed by atoms with Gasteiger partial charge in [0.2, 0.25) is 0 Å². The van der Waals surface area contributed by atoms with Crippen molar-refractivity contribution in [2.24, 2.45) is 22.7 Å². The lowest BCUT2D eigenvalue weighted by Gasteiger charge is -2.23. The number of carbonyl (C=O) groups is 1. The quantitative estimate of drug-likeness (QED) is 0.306. The molecule has 2 aromatic carbocycles. The molecule has 2 atom stereocenters. The summed E-state index contributed by atoms with van der Waals surface area (Å²) in [4.78, 5) is 12.2. The van der Waals surface area contributed by atoms with Gasteiger partial charge in [-0.1, -0.05) is 79.7 Å². The highest BCUT2D eigenvalue weighted by Crippen LogP contribution is 2.28. The van der Waals surface area contributed by atoms with Gasteiger partial charge in [0.25, 0.3) is 0 Å². The van der Waals surface area contributed by atoms with Crippen LogP contribution in [0.25, 0.3) is 0 Å². The second-order valence-corrected chi connectivity index (χ2v) is 11.9. The van der Waals surface area contributed by atoms with Crippen LogP contribution in [0, 0.1) is 22.7 Å². The highest BCUT2D eigenvalue weighted by molar-refractivity contribution is 5.67. The van der Waals surface area contributed by atoms with Crippen LogP contribution in [0.5, 0.6) is 11.5 Å². The Kier molecular flexibility index (Phi) is 8.95. The van der Waals surface area contributed by atoms with Gasteiger partial charge in [0.1, 0.15) is 11.5 Å². The molecule has 0 saturated heterocycles. The summed E-state index contributed by atoms with van der Waals surface area (Å²) >= 11 is 0. The van der Waals surface area contributed by atoms with E-state index in [4.69, 9.17) is 9.47 Å². The van der Waals surface area contributed by atoms with E-state index in [9.17, 15) is 4.79 Å². The topological polar surface area (TPSA) is 35.5 Å². The number of benzene rings is 2. The normalized spacial score (nSPS) is 14.0. The van der Waals surface area contributed by atoms with Crippen molar-refractivity contribution in [1.29, 1.82) is 0 Å². The number of rotatable bonds is 8. The maximum absolute atomic E-state index is 12.2. The van der Waals surface area contributed by atoms with Crippen LogP contribution in [0.3, 0.4) is 0 Å². The van der Waals surface area contributed by atoms with E-state index in [0.29, 0.717) is 34.2 Å². The molecule has 0 aromatic heterocycles. The molecule has 176 valence electrons. The lowest BCUT2D eigenvalue weighted by Crippen LogP contribution is -2.14. The van der Waals surface area contributed by atoms with E-state index in [1.807, 2.05) is 48.5 Å². The monoisotopic (exact) mass is 438 g/mol. The van der Waals surface area contributed by atoms with Gasteiger partial charge in [-0.3, -0.25) is 0 Å². The Bertz CT molecular complexity index is 764. The number of carbonyl (C=O) groups excluding carboxylic acids is 1. The summed E-state index contributed by atoms with van der Waals surface area (Å²) < 4.78 is 10.7. The average molecular weight is 439 g/mol. The predicted molar refractivity (Wildman–Crippen MR) is 133 cm³/mol. The minimum absolute atomic E-state index is 0.328. The summed E-state index contributed by atoms with van der Waals surface area (Å²) in [6.45, 7) is 18.2. The Morgan fingerprint density at radius 1 is 0.656 bits per heavy atom. The summed E-state index contributed by atoms with van der Waals surface area (Å²) in [6, 6.07) is 15.4. The first-order valence-electron chi connectivity index (χ1n) is 11.9. The number of ether oxygens (including phenoxy) is 2. The van der Waals surface area contributed by atoms with Crippen molar-refractivity contribution in [3.8, 4) is 11.5 Å². The molecule has 32 heavy (non-hydrogen) atoms. The highest BCUT2D eigenvalue weighted by atomic mass is 16.7. The molecule has 2 rings (SSSR count). The van der Waals surface area contributed by atoms with Crippen LogP contribution in [0.4, 0.5) is 4.79 Å². The van der Waals surface area contributed by atoms with Gasteiger partial charge in [0.05, 0.1) is 0 Å². The van der Waals surface area contributed by atoms with Gasteiger partial charge in [0.15, 0.2) is 0 Å². The fourth-order valence-corrected chi connectivity index (χ4v) is 4.64. The molecule has 0 heterocycles. The van der Waals surface area contributed by atoms with Gasteiger partial charge in [-0.05, 0) is 83.7 Å². The van der Waals surface area contributed by atoms with Crippen LogP contribution in [0.1, 0.15) is 79.4 Å². The largest absolute Gasteiger partial charge is 0.519 e. The van der Waals surface area contributed by atoms with Gasteiger partial charge in [0, 0.05) is 0 Å². The van der Waals surface area contributed by atoms with E-state index >= 15 is 0 Å². The maximum atomic E-state index is 12.2. The van der Waals surface area contributed by atoms with E-state index in [1.54, 1.807) is 0 Å². The first kappa shape index (κ1) is 26.0. The maximum Gasteiger partial charge on any atom is 0.519 e. The summed E-state index contributed by atoms with van der Waals surface area (Å²) in [5.41, 5.74) is 3.15. The fourth-order valence-electron chi connectivity index (χ4n) is 4.64. The van der Waals surface area contributed by atoms with Gasteiger partial charge < -0.3 is 9.47 Å². The van der Waals surface area contributed by atoms with Crippen LogP contribution in [-0.2, 0) is 12.8 Å². The Balaban J connectivity index is 1.83. The van der Waals surface area contributed by atoms with E-state index in [0.717, 1.165) is 12.8 Å². The minimum atomic E-state index is -0.715. The molecular weight excluding hydrogens is 396 g/mol. The van der Waals surface area contributed by atoms with Crippen LogP contribution in [0.15, 0.2) is 48.5 Å². The molecule has 2 aromatic rings. The average Bonchev–Trinajstić information content (AvgIpc) is 2.62. The van der Waals surface area contributed by atoms with Crippen molar-refractivity contribution in [1.82, 2.24) is 0 Å². The lowest BCUT2D eigenvalue weighted by molar-refractivity contribution is 0.152. The zero-order valence-electron chi connectivity index (χ0n) is 21.3. The van der Waals surface area contributed by atoms with Gasteiger partial charge in [-0.15, -0.1) is 0 Å². The van der Waals surface area contributed by atoms with E-state index < -0.39 is 6.16 Å². The summed E-state index contributed by atoms with van der Waals surface area (Å²) in [5, 5.41) is 0. The molecule has 0 spiro atoms. The van der Waals surface area contributed by atoms with Crippen molar-refractivity contribution in [2.75, 3.05) is 0 Å². The molecule has 0 radical (unpaired) electrons. The molecule has 0 aliphatic rings. The Morgan fingerprint density at radius 3 is 1.25 bits per heavy atom. The summed E-state index contributed by atoms with van der Waals surface area (Å²) in [5.74, 6) is 2.20. The van der Waals surface area contributed by atoms with Crippen molar-refractivity contribution in [3.63, 3.8) is 0 Å². The Hall–Kier alpha value is -2.29. The van der Waals surface area contributed by atoms with Crippen molar-refractivity contribution in [3.05, 3.63) is 59.7 Å². The molecule has 3 heteroatoms. The highest BCUT2D eigenvalue weighted by Gasteiger charge is 2.17. The van der Waals surface area contributed by atoms with E-state index in [-0.39, 0.29) is 0 Å². The second-order valence-electron chi connectivity index (χ2n) is 11.9. The van der Waals surface area contributed by atoms with Crippen LogP contribution in [0.2, 0.25) is 0 Å². The molecule has 0 N–H and O–H groups in total. The van der Waals surface area contributed by atoms with Crippen molar-refractivity contribution in [2.45, 2.75) is 81.1 Å². The van der Waals surface area contributed by atoms with Crippen LogP contribution in [-0.4, -0.2) is 6.16 Å². The number of hydrogen-bond acceptors (Lipinski definition) is 3. The molecule has 2 unspecified atom stereocenters. The standard InChI is InChI=1S/C29H42O3/c1-21(19-28(3,4)5)17-23-9-13-25(14-10-23)31-27(30)32-26-15-11-24(12-16-26)18-22(2)20-29(6,7)8/h9-16,21-22H,17-20H2,1-8H3. The zero-order chi connectivity index (χ0) is 23.9. The van der Waals surface area contributed by atoms with E-state index in [2.05, 4.69) is 55.4 Å². The van der Waals surface area contributed by atoms with Crippen LogP contribution < -0.4 is 9.47 Å². The molecule has 3 nitrogen and oxygen atoms in total. The smallest absolute Gasteiger partial charge is 0.395 e. The molecular formula is C29H42O3. The third-order valence-electron chi connectivity index (χ3n) is 5.34. The molecule has 0 amide bonds. The summed E-state index contributed by atoms with van der Waals surface area (Å²) in [6.07, 6.45) is 3.66. The predicted octanol–water partition coefficient (Wildman–Crippen LogP) is 8.49. The summed E-state index contributed by atoms with van der Waals surface area (Å²) in [7, 11) is 0. The fraction of sp³-hybridized carbons (Fsp3) is 0.552. The third kappa shape index (κ3) is 10.3. The van der Waals surface area contributed by atoms with Gasteiger partial charge in [-0.2, -0.15) is 0 Å². The number of hydrogen-bond donors (Lipinski definition) is 0. The first-order valence-corrected chi connectivity index (χ1v) is 11.9. The minimum Gasteiger partial charge on any atom is -0.395 e. The van der Waals surface area contributed by atoms with Crippen molar-refractivity contribution < 1.29 is 14.3 Å². The molecule has 0 aliphatic heterocycles. The Labute approximate surface area is 195 Å². The van der Waals surface area contributed by atoms with Gasteiger partial charge in [-0.25, -0.2) is 4.79 Å². The third-order valence-corrected chi connectivity index (χ3v) is 5.34. The van der Waals surface area contributed by atoms with Gasteiger partial charge >= 0.3 is 6.16 Å². The molecule has 0 saturated carbocycles. The molecule has 0 aliphatic carbocycles. The first-order chi connectivity index (χ1) is 14.8. The van der Waals surface area contributed by atoms with Crippen molar-refractivity contribution >= 4 is 6.16 Å². The zero-order valence-corrected chi connectivity index (χ0v) is 21.3. The molecule has 0 fully saturated rings. The Morgan fingerprint density at radius 2 is 0.969 bits per heavy atom. The van der Waals surface area contributed by atoms with E-state index in [1.165, 1.54) is 24.0 Å². The SMILES string of the molecule is CC(Cc1ccc(OC(=O)Oc2ccc(CC(C)CC(C)(C)C)cc2)cc1)CC(C)(C)C. The second kappa shape index (κ2) is 11.0. The molecule has 0 bridgehead atoms.